The second kappa shape index (κ2) is 10.6. The van der Waals surface area contributed by atoms with Gasteiger partial charge in [-0.1, -0.05) is 39.7 Å². The van der Waals surface area contributed by atoms with E-state index in [2.05, 4.69) is 20.4 Å². The molecule has 0 N–H and O–H groups in total. The highest BCUT2D eigenvalue weighted by atomic mass is 16.5. The van der Waals surface area contributed by atoms with Crippen molar-refractivity contribution in [3.05, 3.63) is 12.7 Å². The van der Waals surface area contributed by atoms with Crippen LogP contribution in [0.3, 0.4) is 0 Å². The van der Waals surface area contributed by atoms with Gasteiger partial charge in [-0.25, -0.2) is 0 Å². The highest BCUT2D eigenvalue weighted by molar-refractivity contribution is 5.89. The van der Waals surface area contributed by atoms with Crippen LogP contribution in [0.4, 0.5) is 0 Å². The molecule has 0 aliphatic carbocycles. The Balaban J connectivity index is 4.08. The number of carbonyl (C=O) groups excluding carboxylic acids is 2. The Morgan fingerprint density at radius 1 is 1.32 bits per heavy atom. The van der Waals surface area contributed by atoms with Crippen molar-refractivity contribution in [3.8, 4) is 0 Å². The summed E-state index contributed by atoms with van der Waals surface area (Å²) >= 11 is 0. The van der Waals surface area contributed by atoms with Crippen LogP contribution in [0.25, 0.3) is 0 Å². The second-order valence-corrected chi connectivity index (χ2v) is 4.66. The van der Waals surface area contributed by atoms with Crippen molar-refractivity contribution in [2.75, 3.05) is 19.7 Å². The number of unbranched alkanes of at least 4 members (excludes halogenated alkanes) is 1. The lowest BCUT2D eigenvalue weighted by atomic mass is 10.0. The van der Waals surface area contributed by atoms with Crippen LogP contribution in [0.1, 0.15) is 46.5 Å². The van der Waals surface area contributed by atoms with Gasteiger partial charge in [0.2, 0.25) is 5.91 Å². The summed E-state index contributed by atoms with van der Waals surface area (Å²) in [5.74, 6) is -0.154. The SMILES string of the molecule is C=CC(=O)N(CC)CC(=O)OCC(CC)CCCC. The van der Waals surface area contributed by atoms with Gasteiger partial charge in [0.05, 0.1) is 6.61 Å². The van der Waals surface area contributed by atoms with E-state index in [0.717, 1.165) is 25.7 Å². The fourth-order valence-electron chi connectivity index (χ4n) is 1.79. The topological polar surface area (TPSA) is 46.6 Å². The Hall–Kier alpha value is -1.32. The predicted octanol–water partition coefficient (Wildman–Crippen LogP) is 2.78. The molecule has 1 amide bonds. The first-order chi connectivity index (χ1) is 9.08. The number of hydrogen-bond acceptors (Lipinski definition) is 3. The third kappa shape index (κ3) is 7.65. The summed E-state index contributed by atoms with van der Waals surface area (Å²) in [7, 11) is 0. The predicted molar refractivity (Wildman–Crippen MR) is 76.7 cm³/mol. The zero-order chi connectivity index (χ0) is 14.7. The minimum absolute atomic E-state index is 0.00552. The van der Waals surface area contributed by atoms with Gasteiger partial charge in [-0.15, -0.1) is 0 Å². The molecule has 0 bridgehead atoms. The minimum atomic E-state index is -0.341. The Bertz CT molecular complexity index is 289. The van der Waals surface area contributed by atoms with Crippen LogP contribution in [0.2, 0.25) is 0 Å². The first-order valence-electron chi connectivity index (χ1n) is 7.15. The summed E-state index contributed by atoms with van der Waals surface area (Å²) in [4.78, 5) is 24.5. The third-order valence-electron chi connectivity index (χ3n) is 3.21. The number of nitrogens with zero attached hydrogens (tertiary/aromatic N) is 1. The summed E-state index contributed by atoms with van der Waals surface area (Å²) in [6.45, 7) is 10.4. The molecule has 0 heterocycles. The van der Waals surface area contributed by atoms with Gasteiger partial charge >= 0.3 is 5.97 Å². The first-order valence-corrected chi connectivity index (χ1v) is 7.15. The molecule has 110 valence electrons. The van der Waals surface area contributed by atoms with E-state index in [0.29, 0.717) is 19.1 Å². The van der Waals surface area contributed by atoms with Gasteiger partial charge in [-0.05, 0) is 25.3 Å². The zero-order valence-corrected chi connectivity index (χ0v) is 12.5. The van der Waals surface area contributed by atoms with Crippen molar-refractivity contribution >= 4 is 11.9 Å². The average Bonchev–Trinajstić information content (AvgIpc) is 2.44. The molecular weight excluding hydrogens is 242 g/mol. The number of ether oxygens (including phenoxy) is 1. The van der Waals surface area contributed by atoms with E-state index in [1.54, 1.807) is 0 Å². The van der Waals surface area contributed by atoms with Crippen LogP contribution in [-0.4, -0.2) is 36.5 Å². The number of carbonyl (C=O) groups is 2. The van der Waals surface area contributed by atoms with E-state index >= 15 is 0 Å². The van der Waals surface area contributed by atoms with E-state index in [1.807, 2.05) is 6.92 Å². The zero-order valence-electron chi connectivity index (χ0n) is 12.5. The smallest absolute Gasteiger partial charge is 0.325 e. The second-order valence-electron chi connectivity index (χ2n) is 4.66. The van der Waals surface area contributed by atoms with E-state index < -0.39 is 0 Å². The van der Waals surface area contributed by atoms with E-state index in [1.165, 1.54) is 11.0 Å². The number of hydrogen-bond donors (Lipinski definition) is 0. The van der Waals surface area contributed by atoms with Crippen molar-refractivity contribution in [1.29, 1.82) is 0 Å². The fourth-order valence-corrected chi connectivity index (χ4v) is 1.79. The molecule has 19 heavy (non-hydrogen) atoms. The van der Waals surface area contributed by atoms with Crippen molar-refractivity contribution < 1.29 is 14.3 Å². The summed E-state index contributed by atoms with van der Waals surface area (Å²) in [6, 6.07) is 0. The fraction of sp³-hybridized carbons (Fsp3) is 0.733. The van der Waals surface area contributed by atoms with Gasteiger partial charge in [-0.3, -0.25) is 9.59 Å². The van der Waals surface area contributed by atoms with Crippen molar-refractivity contribution in [2.45, 2.75) is 46.5 Å². The number of rotatable bonds is 10. The quantitative estimate of drug-likeness (QED) is 0.452. The molecule has 0 aliphatic rings. The van der Waals surface area contributed by atoms with E-state index in [4.69, 9.17) is 4.74 Å². The molecule has 1 unspecified atom stereocenters. The molecule has 4 heteroatoms. The minimum Gasteiger partial charge on any atom is -0.464 e. The number of esters is 1. The summed E-state index contributed by atoms with van der Waals surface area (Å²) in [5.41, 5.74) is 0. The van der Waals surface area contributed by atoms with Crippen molar-refractivity contribution in [1.82, 2.24) is 4.90 Å². The normalized spacial score (nSPS) is 11.7. The van der Waals surface area contributed by atoms with Crippen LogP contribution in [0, 0.1) is 5.92 Å². The van der Waals surface area contributed by atoms with Crippen LogP contribution < -0.4 is 0 Å². The number of amides is 1. The van der Waals surface area contributed by atoms with Crippen molar-refractivity contribution in [3.63, 3.8) is 0 Å². The molecule has 0 aliphatic heterocycles. The summed E-state index contributed by atoms with van der Waals surface area (Å²) in [6.07, 6.45) is 5.63. The van der Waals surface area contributed by atoms with Crippen molar-refractivity contribution in [2.24, 2.45) is 5.92 Å². The Labute approximate surface area is 116 Å². The highest BCUT2D eigenvalue weighted by Crippen LogP contribution is 2.12. The van der Waals surface area contributed by atoms with Crippen LogP contribution >= 0.6 is 0 Å². The molecule has 0 saturated heterocycles. The standard InChI is InChI=1S/C15H27NO3/c1-5-9-10-13(6-2)12-19-15(18)11-16(8-4)14(17)7-3/h7,13H,3,5-6,8-12H2,1-2,4H3. The maximum Gasteiger partial charge on any atom is 0.325 e. The van der Waals surface area contributed by atoms with E-state index in [9.17, 15) is 9.59 Å². The highest BCUT2D eigenvalue weighted by Gasteiger charge is 2.15. The van der Waals surface area contributed by atoms with Gasteiger partial charge in [0.15, 0.2) is 0 Å². The number of likely N-dealkylation sites (N-methyl/N-ethyl adjacent to an activating group) is 1. The van der Waals surface area contributed by atoms with Crippen LogP contribution in [-0.2, 0) is 14.3 Å². The summed E-state index contributed by atoms with van der Waals surface area (Å²) < 4.78 is 5.25. The molecule has 0 spiro atoms. The largest absolute Gasteiger partial charge is 0.464 e. The molecule has 0 aromatic heterocycles. The first kappa shape index (κ1) is 17.7. The Kier molecular flexibility index (Phi) is 9.85. The molecule has 4 nitrogen and oxygen atoms in total. The monoisotopic (exact) mass is 269 g/mol. The molecule has 0 saturated carbocycles. The lowest BCUT2D eigenvalue weighted by molar-refractivity contribution is -0.149. The van der Waals surface area contributed by atoms with Gasteiger partial charge in [0.1, 0.15) is 6.54 Å². The molecule has 0 aromatic rings. The molecule has 0 fully saturated rings. The maximum atomic E-state index is 11.7. The van der Waals surface area contributed by atoms with Crippen LogP contribution in [0.5, 0.6) is 0 Å². The molecule has 0 aromatic carbocycles. The lowest BCUT2D eigenvalue weighted by Gasteiger charge is -2.19. The molecule has 1 atom stereocenters. The van der Waals surface area contributed by atoms with Gasteiger partial charge in [0, 0.05) is 6.54 Å². The lowest BCUT2D eigenvalue weighted by Crippen LogP contribution is -2.35. The Morgan fingerprint density at radius 2 is 2.00 bits per heavy atom. The van der Waals surface area contributed by atoms with E-state index in [-0.39, 0.29) is 18.4 Å². The summed E-state index contributed by atoms with van der Waals surface area (Å²) in [5, 5.41) is 0. The molecule has 0 radical (unpaired) electrons. The average molecular weight is 269 g/mol. The molecule has 0 rings (SSSR count). The van der Waals surface area contributed by atoms with Crippen LogP contribution in [0.15, 0.2) is 12.7 Å². The maximum absolute atomic E-state index is 11.7. The molecular formula is C15H27NO3. The Morgan fingerprint density at radius 3 is 2.47 bits per heavy atom. The third-order valence-corrected chi connectivity index (χ3v) is 3.21. The van der Waals surface area contributed by atoms with Gasteiger partial charge in [-0.2, -0.15) is 0 Å². The van der Waals surface area contributed by atoms with Gasteiger partial charge < -0.3 is 9.64 Å². The van der Waals surface area contributed by atoms with Gasteiger partial charge in [0.25, 0.3) is 0 Å².